The Kier molecular flexibility index (Phi) is 7.17. The van der Waals surface area contributed by atoms with Crippen molar-refractivity contribution in [2.75, 3.05) is 6.61 Å². The van der Waals surface area contributed by atoms with Crippen molar-refractivity contribution in [3.63, 3.8) is 0 Å². The molecule has 1 aliphatic rings. The van der Waals surface area contributed by atoms with Crippen LogP contribution in [-0.2, 0) is 20.7 Å². The van der Waals surface area contributed by atoms with E-state index in [-0.39, 0.29) is 30.5 Å². The maximum Gasteiger partial charge on any atom is 0.306 e. The number of carbonyl (C=O) groups is 2. The van der Waals surface area contributed by atoms with Gasteiger partial charge >= 0.3 is 5.97 Å². The lowest BCUT2D eigenvalue weighted by molar-refractivity contribution is -0.148. The van der Waals surface area contributed by atoms with Gasteiger partial charge in [0, 0.05) is 18.2 Å². The molecule has 2 rings (SSSR count). The number of hydrogen-bond acceptors (Lipinski definition) is 5. The second kappa shape index (κ2) is 9.36. The van der Waals surface area contributed by atoms with Crippen LogP contribution < -0.4 is 10.9 Å². The Balaban J connectivity index is 1.84. The molecule has 0 saturated heterocycles. The Morgan fingerprint density at radius 3 is 2.67 bits per heavy atom. The highest BCUT2D eigenvalue weighted by atomic mass is 16.5. The van der Waals surface area contributed by atoms with E-state index in [1.807, 2.05) is 6.07 Å². The maximum absolute atomic E-state index is 12.0. The Hall–Kier alpha value is -2.62. The molecule has 0 radical (unpaired) electrons. The number of rotatable bonds is 6. The van der Waals surface area contributed by atoms with E-state index >= 15 is 0 Å². The average molecular weight is 373 g/mol. The van der Waals surface area contributed by atoms with Gasteiger partial charge in [0.2, 0.25) is 0 Å². The molecule has 1 heterocycles. The summed E-state index contributed by atoms with van der Waals surface area (Å²) in [7, 11) is 0. The molecule has 1 fully saturated rings. The van der Waals surface area contributed by atoms with Crippen LogP contribution in [0.1, 0.15) is 61.4 Å². The van der Waals surface area contributed by atoms with E-state index in [9.17, 15) is 14.4 Å². The second-order valence-corrected chi connectivity index (χ2v) is 7.27. The minimum atomic E-state index is -0.481. The Bertz CT molecular complexity index is 807. The molecule has 0 aliphatic heterocycles. The summed E-state index contributed by atoms with van der Waals surface area (Å²) in [5.74, 6) is -0.311. The highest BCUT2D eigenvalue weighted by Crippen LogP contribution is 2.23. The second-order valence-electron chi connectivity index (χ2n) is 7.27. The minimum absolute atomic E-state index is 0.0601. The van der Waals surface area contributed by atoms with Crippen LogP contribution in [-0.4, -0.2) is 29.5 Å². The van der Waals surface area contributed by atoms with Crippen molar-refractivity contribution in [3.8, 4) is 6.07 Å². The fourth-order valence-electron chi connectivity index (χ4n) is 3.64. The molecule has 0 spiro atoms. The van der Waals surface area contributed by atoms with Crippen molar-refractivity contribution in [1.29, 1.82) is 5.26 Å². The fraction of sp³-hybridized carbons (Fsp3) is 0.600. The van der Waals surface area contributed by atoms with Gasteiger partial charge in [-0.2, -0.15) is 5.26 Å². The number of carbonyl (C=O) groups excluding carboxylic acids is 2. The summed E-state index contributed by atoms with van der Waals surface area (Å²) in [6.07, 6.45) is 4.78. The summed E-state index contributed by atoms with van der Waals surface area (Å²) < 4.78 is 5.07. The van der Waals surface area contributed by atoms with Gasteiger partial charge in [-0.15, -0.1) is 0 Å². The highest BCUT2D eigenvalue weighted by Gasteiger charge is 2.23. The van der Waals surface area contributed by atoms with Gasteiger partial charge in [-0.3, -0.25) is 14.4 Å². The van der Waals surface area contributed by atoms with Crippen molar-refractivity contribution in [2.45, 2.75) is 65.3 Å². The van der Waals surface area contributed by atoms with Gasteiger partial charge < -0.3 is 15.0 Å². The molecule has 146 valence electrons. The van der Waals surface area contributed by atoms with Crippen molar-refractivity contribution in [3.05, 3.63) is 32.7 Å². The van der Waals surface area contributed by atoms with E-state index < -0.39 is 11.5 Å². The zero-order valence-corrected chi connectivity index (χ0v) is 16.2. The lowest BCUT2D eigenvalue weighted by Gasteiger charge is -2.29. The van der Waals surface area contributed by atoms with E-state index in [1.165, 1.54) is 6.42 Å². The average Bonchev–Trinajstić information content (AvgIpc) is 2.62. The van der Waals surface area contributed by atoms with Crippen LogP contribution in [0.25, 0.3) is 0 Å². The quantitative estimate of drug-likeness (QED) is 0.741. The van der Waals surface area contributed by atoms with Crippen molar-refractivity contribution >= 4 is 11.9 Å². The first-order valence-electron chi connectivity index (χ1n) is 9.41. The largest absolute Gasteiger partial charge is 0.456 e. The summed E-state index contributed by atoms with van der Waals surface area (Å²) >= 11 is 0. The Morgan fingerprint density at radius 2 is 2.00 bits per heavy atom. The third kappa shape index (κ3) is 5.43. The number of amides is 1. The van der Waals surface area contributed by atoms with Crippen LogP contribution in [0, 0.1) is 31.1 Å². The molecule has 1 saturated carbocycles. The van der Waals surface area contributed by atoms with E-state index in [0.29, 0.717) is 23.6 Å². The number of esters is 1. The number of nitrogens with one attached hydrogen (secondary N) is 2. The van der Waals surface area contributed by atoms with E-state index in [0.717, 1.165) is 24.8 Å². The fourth-order valence-corrected chi connectivity index (χ4v) is 3.64. The number of aromatic amines is 1. The third-order valence-electron chi connectivity index (χ3n) is 5.32. The summed E-state index contributed by atoms with van der Waals surface area (Å²) in [6, 6.07) is 2.04. The van der Waals surface area contributed by atoms with Gasteiger partial charge in [-0.05, 0) is 50.2 Å². The van der Waals surface area contributed by atoms with Gasteiger partial charge in [0.05, 0.1) is 0 Å². The summed E-state index contributed by atoms with van der Waals surface area (Å²) in [4.78, 5) is 38.3. The SMILES string of the molecule is Cc1[nH]c(=O)c(C#N)c(C)c1CCC(=O)OCC(=O)N[C@@H]1CCCC[C@H]1C. The number of aryl methyl sites for hydroxylation is 1. The van der Waals surface area contributed by atoms with Crippen molar-refractivity contribution < 1.29 is 14.3 Å². The zero-order valence-electron chi connectivity index (χ0n) is 16.2. The van der Waals surface area contributed by atoms with Crippen LogP contribution in [0.15, 0.2) is 4.79 Å². The van der Waals surface area contributed by atoms with Gasteiger partial charge in [0.15, 0.2) is 6.61 Å². The Morgan fingerprint density at radius 1 is 1.30 bits per heavy atom. The molecule has 1 aliphatic carbocycles. The van der Waals surface area contributed by atoms with E-state index in [4.69, 9.17) is 10.00 Å². The van der Waals surface area contributed by atoms with Crippen molar-refractivity contribution in [1.82, 2.24) is 10.3 Å². The lowest BCUT2D eigenvalue weighted by Crippen LogP contribution is -2.42. The van der Waals surface area contributed by atoms with Gasteiger partial charge in [-0.1, -0.05) is 19.8 Å². The van der Waals surface area contributed by atoms with Crippen LogP contribution in [0.3, 0.4) is 0 Å². The zero-order chi connectivity index (χ0) is 20.0. The summed E-state index contributed by atoms with van der Waals surface area (Å²) in [6.45, 7) is 5.27. The number of pyridine rings is 1. The van der Waals surface area contributed by atoms with Crippen LogP contribution in [0.2, 0.25) is 0 Å². The number of nitriles is 1. The summed E-state index contributed by atoms with van der Waals surface area (Å²) in [5.41, 5.74) is 1.60. The van der Waals surface area contributed by atoms with Gasteiger partial charge in [0.1, 0.15) is 11.6 Å². The maximum atomic E-state index is 12.0. The van der Waals surface area contributed by atoms with Gasteiger partial charge in [0.25, 0.3) is 11.5 Å². The molecular weight excluding hydrogens is 346 g/mol. The lowest BCUT2D eigenvalue weighted by atomic mass is 9.86. The first kappa shape index (κ1) is 20.7. The standard InChI is InChI=1S/C20H27N3O4/c1-12-6-4-5-7-17(12)23-18(24)11-27-19(25)9-8-15-13(2)16(10-21)20(26)22-14(15)3/h12,17H,4-9,11H2,1-3H3,(H,22,26)(H,23,24)/t12-,17-/m1/s1. The first-order valence-corrected chi connectivity index (χ1v) is 9.41. The molecular formula is C20H27N3O4. The van der Waals surface area contributed by atoms with E-state index in [1.54, 1.807) is 13.8 Å². The number of hydrogen-bond donors (Lipinski definition) is 2. The predicted molar refractivity (Wildman–Crippen MR) is 100 cm³/mol. The summed E-state index contributed by atoms with van der Waals surface area (Å²) in [5, 5.41) is 12.0. The molecule has 0 aromatic carbocycles. The number of aromatic nitrogens is 1. The highest BCUT2D eigenvalue weighted by molar-refractivity contribution is 5.80. The van der Waals surface area contributed by atoms with Gasteiger partial charge in [-0.25, -0.2) is 0 Å². The number of H-pyrrole nitrogens is 1. The molecule has 27 heavy (non-hydrogen) atoms. The van der Waals surface area contributed by atoms with Crippen LogP contribution in [0.4, 0.5) is 0 Å². The number of nitrogens with zero attached hydrogens (tertiary/aromatic N) is 1. The first-order chi connectivity index (χ1) is 12.8. The van der Waals surface area contributed by atoms with E-state index in [2.05, 4.69) is 17.2 Å². The molecule has 0 bridgehead atoms. The third-order valence-corrected chi connectivity index (χ3v) is 5.32. The molecule has 2 atom stereocenters. The van der Waals surface area contributed by atoms with Crippen LogP contribution in [0.5, 0.6) is 0 Å². The van der Waals surface area contributed by atoms with Crippen LogP contribution >= 0.6 is 0 Å². The topological polar surface area (TPSA) is 112 Å². The minimum Gasteiger partial charge on any atom is -0.456 e. The molecule has 1 amide bonds. The molecule has 2 N–H and O–H groups in total. The molecule has 7 nitrogen and oxygen atoms in total. The normalized spacial score (nSPS) is 19.2. The molecule has 1 aromatic heterocycles. The van der Waals surface area contributed by atoms with Crippen molar-refractivity contribution in [2.24, 2.45) is 5.92 Å². The monoisotopic (exact) mass is 373 g/mol. The smallest absolute Gasteiger partial charge is 0.306 e. The predicted octanol–water partition coefficient (Wildman–Crippen LogP) is 2.03. The molecule has 0 unspecified atom stereocenters. The molecule has 7 heteroatoms. The Labute approximate surface area is 159 Å². The number of ether oxygens (including phenoxy) is 1. The molecule has 1 aromatic rings.